The van der Waals surface area contributed by atoms with Crippen molar-refractivity contribution in [3.8, 4) is 0 Å². The van der Waals surface area contributed by atoms with Gasteiger partial charge in [0, 0.05) is 5.56 Å². The summed E-state index contributed by atoms with van der Waals surface area (Å²) in [4.78, 5) is 1.75. The first kappa shape index (κ1) is 72.2. The van der Waals surface area contributed by atoms with Crippen LogP contribution in [0.1, 0.15) is 199 Å². The van der Waals surface area contributed by atoms with Crippen LogP contribution in [0.4, 0.5) is 93.5 Å². The van der Waals surface area contributed by atoms with Crippen molar-refractivity contribution >= 4 is 33.7 Å². The highest BCUT2D eigenvalue weighted by atomic mass is 19.2. The average Bonchev–Trinajstić information content (AvgIpc) is 0.704. The van der Waals surface area contributed by atoms with Crippen molar-refractivity contribution in [2.75, 3.05) is 13.1 Å². The molecule has 5 rings (SSSR count). The van der Waals surface area contributed by atoms with Gasteiger partial charge in [-0.25, -0.2) is 87.8 Å². The Kier molecular flexibility index (Phi) is 30.2. The van der Waals surface area contributed by atoms with Crippen LogP contribution in [0.25, 0.3) is 0 Å². The third-order valence-corrected chi connectivity index (χ3v) is 15.9. The lowest BCUT2D eigenvalue weighted by atomic mass is 9.12. The van der Waals surface area contributed by atoms with Crippen molar-refractivity contribution in [3.63, 3.8) is 0 Å². The van der Waals surface area contributed by atoms with Crippen LogP contribution in [-0.4, -0.2) is 19.2 Å². The Labute approximate surface area is 484 Å². The number of hydrogen-bond donors (Lipinski definition) is 1. The predicted molar refractivity (Wildman–Crippen MR) is 291 cm³/mol. The molecule has 0 heterocycles. The van der Waals surface area contributed by atoms with E-state index in [-0.39, 0.29) is 0 Å². The molecule has 474 valence electrons. The quantitative estimate of drug-likeness (QED) is 0.0136. The normalized spacial score (nSPS) is 12.1. The van der Waals surface area contributed by atoms with E-state index in [0.717, 1.165) is 0 Å². The Morgan fingerprint density at radius 3 is 0.624 bits per heavy atom. The molecule has 0 saturated carbocycles. The Morgan fingerprint density at radius 1 is 0.247 bits per heavy atom. The molecule has 0 saturated heterocycles. The summed E-state index contributed by atoms with van der Waals surface area (Å²) >= 11 is 0. The molecule has 5 aromatic carbocycles. The van der Waals surface area contributed by atoms with Crippen molar-refractivity contribution in [1.82, 2.24) is 0 Å². The molecular weight excluding hydrogens is 1160 g/mol. The maximum Gasteiger partial charge on any atom is 0.200 e. The standard InChI is InChI=1S/C39H73N.C24BF20/c1-4-6-8-10-12-14-16-18-19-20-21-23-25-27-29-33-37-40(39-35-31-30-34-38(39)3)36-32-28-26-24-22-17-15-13-11-9-7-5-2;26-5-1(6(27)14(35)21(42)13(5)34)25(2-7(28)15(36)22(43)16(37)8(2)29,3-9(30)17(38)23(44)18(39)10(3)31)4-11(32)19(40)24(45)20(41)12(4)33/h30-31,34-35H,4-29,32-33,36-37H2,1-3H3;/q;-1/p+1. The molecule has 0 amide bonds. The molecule has 22 heteroatoms. The monoisotopic (exact) mass is 1240 g/mol. The van der Waals surface area contributed by atoms with Gasteiger partial charge in [-0.1, -0.05) is 186 Å². The molecule has 0 aliphatic carbocycles. The third-order valence-electron chi connectivity index (χ3n) is 15.9. The molecule has 5 aromatic rings. The molecule has 1 unspecified atom stereocenters. The van der Waals surface area contributed by atoms with E-state index in [1.165, 1.54) is 198 Å². The van der Waals surface area contributed by atoms with Crippen molar-refractivity contribution in [2.24, 2.45) is 0 Å². The van der Waals surface area contributed by atoms with Gasteiger partial charge in [0.05, 0.1) is 13.1 Å². The molecule has 0 radical (unpaired) electrons. The topological polar surface area (TPSA) is 4.44 Å². The number of nitrogens with one attached hydrogen (secondary N) is 1. The first-order valence-electron chi connectivity index (χ1n) is 29.6. The van der Waals surface area contributed by atoms with E-state index in [0.29, 0.717) is 0 Å². The van der Waals surface area contributed by atoms with E-state index in [2.05, 4.69) is 45.0 Å². The highest BCUT2D eigenvalue weighted by Crippen LogP contribution is 2.31. The molecular formula is C63H74BF20N. The van der Waals surface area contributed by atoms with Gasteiger partial charge in [0.1, 0.15) is 58.4 Å². The minimum atomic E-state index is -7.22. The molecule has 0 aliphatic heterocycles. The Bertz CT molecular complexity index is 2550. The van der Waals surface area contributed by atoms with Crippen LogP contribution in [0.3, 0.4) is 0 Å². The zero-order valence-corrected chi connectivity index (χ0v) is 48.2. The predicted octanol–water partition coefficient (Wildman–Crippen LogP) is 18.3. The fourth-order valence-corrected chi connectivity index (χ4v) is 11.3. The number of quaternary nitrogens is 1. The summed E-state index contributed by atoms with van der Waals surface area (Å²) < 4.78 is 294. The van der Waals surface area contributed by atoms with E-state index < -0.39 is 144 Å². The lowest BCUT2D eigenvalue weighted by molar-refractivity contribution is -0.833. The minimum absolute atomic E-state index is 1.32. The highest BCUT2D eigenvalue weighted by Gasteiger charge is 2.52. The first-order valence-corrected chi connectivity index (χ1v) is 29.6. The lowest BCUT2D eigenvalue weighted by Crippen LogP contribution is -3.07. The smallest absolute Gasteiger partial charge is 0.200 e. The van der Waals surface area contributed by atoms with Gasteiger partial charge < -0.3 is 4.90 Å². The van der Waals surface area contributed by atoms with Gasteiger partial charge in [-0.05, 0) is 38.7 Å². The zero-order valence-electron chi connectivity index (χ0n) is 48.2. The van der Waals surface area contributed by atoms with Gasteiger partial charge in [-0.2, -0.15) is 0 Å². The summed E-state index contributed by atoms with van der Waals surface area (Å²) in [6.07, 6.45) is 33.3. The number of aryl methyl sites for hydroxylation is 1. The molecule has 1 nitrogen and oxygen atoms in total. The van der Waals surface area contributed by atoms with Gasteiger partial charge in [0.15, 0.2) is 69.8 Å². The summed E-state index contributed by atoms with van der Waals surface area (Å²) in [5.41, 5.74) is -11.3. The third kappa shape index (κ3) is 17.7. The molecule has 1 atom stereocenters. The maximum absolute atomic E-state index is 15.4. The fraction of sp³-hybridized carbons (Fsp3) is 0.524. The molecule has 0 fully saturated rings. The Hall–Kier alpha value is -5.28. The van der Waals surface area contributed by atoms with Gasteiger partial charge in [0.2, 0.25) is 0 Å². The molecule has 0 aliphatic rings. The second kappa shape index (κ2) is 35.5. The second-order valence-corrected chi connectivity index (χ2v) is 21.9. The largest absolute Gasteiger partial charge is 0.302 e. The van der Waals surface area contributed by atoms with E-state index in [1.54, 1.807) is 10.6 Å². The van der Waals surface area contributed by atoms with E-state index in [4.69, 9.17) is 0 Å². The summed E-state index contributed by atoms with van der Waals surface area (Å²) in [5.74, 6) is -71.4. The molecule has 0 spiro atoms. The number of unbranched alkanes of at least 4 members (excludes halogenated alkanes) is 26. The summed E-state index contributed by atoms with van der Waals surface area (Å²) in [5, 5.41) is 0. The van der Waals surface area contributed by atoms with E-state index >= 15 is 35.1 Å². The number of para-hydroxylation sites is 1. The SMILES string of the molecule is CCCCCCCCCCCCCCCCCC[NH+](CCCCCCCCCCCCCC)c1ccccc1C.Fc1c(F)c(F)c([B-](c2c(F)c(F)c(F)c(F)c2F)(c2c(F)c(F)c(F)c(F)c2F)c2c(F)c(F)c(F)c(F)c2F)c(F)c1F. The summed E-state index contributed by atoms with van der Waals surface area (Å²) in [6, 6.07) is 9.15. The maximum atomic E-state index is 15.4. The van der Waals surface area contributed by atoms with Crippen molar-refractivity contribution in [2.45, 2.75) is 201 Å². The first-order chi connectivity index (χ1) is 40.5. The Balaban J connectivity index is 0.000000368. The van der Waals surface area contributed by atoms with Gasteiger partial charge in [0.25, 0.3) is 0 Å². The fourth-order valence-electron chi connectivity index (χ4n) is 11.3. The van der Waals surface area contributed by atoms with Crippen molar-refractivity contribution in [1.29, 1.82) is 0 Å². The molecule has 1 N–H and O–H groups in total. The van der Waals surface area contributed by atoms with Crippen molar-refractivity contribution < 1.29 is 92.7 Å². The summed E-state index contributed by atoms with van der Waals surface area (Å²) in [6.45, 7) is 9.57. The highest BCUT2D eigenvalue weighted by molar-refractivity contribution is 7.20. The average molecular weight is 1240 g/mol. The minimum Gasteiger partial charge on any atom is -0.302 e. The van der Waals surface area contributed by atoms with Crippen LogP contribution < -0.4 is 26.8 Å². The van der Waals surface area contributed by atoms with Gasteiger partial charge >= 0.3 is 0 Å². The van der Waals surface area contributed by atoms with Crippen LogP contribution in [0, 0.1) is 123 Å². The number of rotatable bonds is 35. The Morgan fingerprint density at radius 2 is 0.424 bits per heavy atom. The molecule has 85 heavy (non-hydrogen) atoms. The number of benzene rings is 5. The number of halogens is 20. The van der Waals surface area contributed by atoms with Crippen LogP contribution >= 0.6 is 0 Å². The zero-order chi connectivity index (χ0) is 63.1. The van der Waals surface area contributed by atoms with Crippen LogP contribution in [0.15, 0.2) is 24.3 Å². The summed E-state index contributed by atoms with van der Waals surface area (Å²) in [7, 11) is 0. The van der Waals surface area contributed by atoms with Gasteiger partial charge in [-0.15, -0.1) is 21.9 Å². The van der Waals surface area contributed by atoms with Crippen LogP contribution in [0.2, 0.25) is 0 Å². The lowest BCUT2D eigenvalue weighted by Gasteiger charge is -2.44. The molecule has 0 bridgehead atoms. The molecule has 0 aromatic heterocycles. The van der Waals surface area contributed by atoms with Crippen molar-refractivity contribution in [3.05, 3.63) is 146 Å². The second-order valence-electron chi connectivity index (χ2n) is 21.9. The van der Waals surface area contributed by atoms with Crippen LogP contribution in [-0.2, 0) is 0 Å². The van der Waals surface area contributed by atoms with Gasteiger partial charge in [-0.3, -0.25) is 0 Å². The number of hydrogen-bond acceptors (Lipinski definition) is 0. The van der Waals surface area contributed by atoms with E-state index in [1.807, 2.05) is 0 Å². The van der Waals surface area contributed by atoms with Crippen LogP contribution in [0.5, 0.6) is 0 Å². The van der Waals surface area contributed by atoms with E-state index in [9.17, 15) is 52.7 Å².